The molecule has 2 atom stereocenters. The number of ether oxygens (including phenoxy) is 2. The molecule has 0 aromatic heterocycles. The van der Waals surface area contributed by atoms with E-state index in [1.54, 1.807) is 49.4 Å². The maximum Gasteiger partial charge on any atom is 0.341 e. The molecule has 0 N–H and O–H groups in total. The minimum absolute atomic E-state index is 0.281. The second-order valence-corrected chi connectivity index (χ2v) is 8.59. The van der Waals surface area contributed by atoms with E-state index in [4.69, 9.17) is 21.1 Å². The van der Waals surface area contributed by atoms with Gasteiger partial charge in [0.25, 0.3) is 6.29 Å². The van der Waals surface area contributed by atoms with Crippen molar-refractivity contribution < 1.29 is 19.1 Å². The first-order valence-electron chi connectivity index (χ1n) is 10.6. The lowest BCUT2D eigenvalue weighted by Crippen LogP contribution is -2.21. The van der Waals surface area contributed by atoms with Crippen molar-refractivity contribution in [1.82, 2.24) is 0 Å². The Hall–Kier alpha value is -3.11. The third kappa shape index (κ3) is 6.44. The molecule has 0 aliphatic carbocycles. The van der Waals surface area contributed by atoms with Gasteiger partial charge in [-0.25, -0.2) is 4.79 Å². The van der Waals surface area contributed by atoms with E-state index in [0.29, 0.717) is 16.5 Å². The van der Waals surface area contributed by atoms with Crippen LogP contribution in [0.4, 0.5) is 0 Å². The molecular formula is C27H27ClO4. The van der Waals surface area contributed by atoms with Crippen molar-refractivity contribution in [1.29, 1.82) is 0 Å². The molecule has 4 nitrogen and oxygen atoms in total. The lowest BCUT2D eigenvalue weighted by Gasteiger charge is -2.21. The summed E-state index contributed by atoms with van der Waals surface area (Å²) in [6, 6.07) is 23.3. The fourth-order valence-electron chi connectivity index (χ4n) is 3.31. The Morgan fingerprint density at radius 1 is 0.812 bits per heavy atom. The van der Waals surface area contributed by atoms with Crippen LogP contribution in [-0.2, 0) is 20.7 Å². The molecule has 0 amide bonds. The van der Waals surface area contributed by atoms with Crippen molar-refractivity contribution in [2.45, 2.75) is 39.4 Å². The van der Waals surface area contributed by atoms with Gasteiger partial charge in [-0.15, -0.1) is 0 Å². The van der Waals surface area contributed by atoms with E-state index in [2.05, 4.69) is 13.8 Å². The molecule has 166 valence electrons. The van der Waals surface area contributed by atoms with Gasteiger partial charge in [0.05, 0.1) is 11.5 Å². The molecule has 0 bridgehead atoms. The number of rotatable bonds is 8. The van der Waals surface area contributed by atoms with Gasteiger partial charge in [0.2, 0.25) is 0 Å². The van der Waals surface area contributed by atoms with E-state index < -0.39 is 24.1 Å². The van der Waals surface area contributed by atoms with Crippen molar-refractivity contribution in [3.63, 3.8) is 0 Å². The van der Waals surface area contributed by atoms with Gasteiger partial charge < -0.3 is 9.47 Å². The summed E-state index contributed by atoms with van der Waals surface area (Å²) in [5.41, 5.74) is 2.91. The first-order valence-corrected chi connectivity index (χ1v) is 11.0. The van der Waals surface area contributed by atoms with Gasteiger partial charge in [0.15, 0.2) is 0 Å². The molecule has 3 rings (SSSR count). The van der Waals surface area contributed by atoms with Crippen LogP contribution in [0.2, 0.25) is 5.02 Å². The number of carbonyl (C=O) groups is 2. The highest BCUT2D eigenvalue weighted by Crippen LogP contribution is 2.26. The monoisotopic (exact) mass is 450 g/mol. The second-order valence-electron chi connectivity index (χ2n) is 8.16. The number of hydrogen-bond acceptors (Lipinski definition) is 4. The number of carbonyl (C=O) groups excluding carboxylic acids is 2. The number of halogens is 1. The first-order chi connectivity index (χ1) is 15.3. The van der Waals surface area contributed by atoms with E-state index in [1.165, 1.54) is 11.6 Å². The first kappa shape index (κ1) is 23.6. The lowest BCUT2D eigenvalue weighted by molar-refractivity contribution is -0.171. The minimum atomic E-state index is -1.17. The van der Waals surface area contributed by atoms with E-state index in [0.717, 1.165) is 12.0 Å². The summed E-state index contributed by atoms with van der Waals surface area (Å²) in [7, 11) is 0. The van der Waals surface area contributed by atoms with Crippen molar-refractivity contribution in [3.8, 4) is 0 Å². The Bertz CT molecular complexity index is 1040. The fourth-order valence-corrected chi connectivity index (χ4v) is 3.50. The summed E-state index contributed by atoms with van der Waals surface area (Å²) in [4.78, 5) is 25.6. The predicted molar refractivity (Wildman–Crippen MR) is 126 cm³/mol. The summed E-state index contributed by atoms with van der Waals surface area (Å²) in [6.45, 7) is 6.12. The summed E-state index contributed by atoms with van der Waals surface area (Å²) in [6.07, 6.45) is -0.188. The predicted octanol–water partition coefficient (Wildman–Crippen LogP) is 6.74. The van der Waals surface area contributed by atoms with E-state index in [9.17, 15) is 9.59 Å². The molecule has 32 heavy (non-hydrogen) atoms. The van der Waals surface area contributed by atoms with E-state index >= 15 is 0 Å². The summed E-state index contributed by atoms with van der Waals surface area (Å²) < 4.78 is 11.2. The van der Waals surface area contributed by atoms with Crippen molar-refractivity contribution in [2.75, 3.05) is 0 Å². The van der Waals surface area contributed by atoms with Crippen LogP contribution >= 0.6 is 11.6 Å². The Kier molecular flexibility index (Phi) is 8.07. The topological polar surface area (TPSA) is 52.6 Å². The zero-order valence-corrected chi connectivity index (χ0v) is 19.2. The zero-order chi connectivity index (χ0) is 23.1. The molecule has 3 aromatic carbocycles. The SMILES string of the molecule is CC(C)Cc1ccc([C@@H](C)C(=O)O[C@H](OC(=O)c2cccc(Cl)c2)c2ccccc2)cc1. The van der Waals surface area contributed by atoms with Crippen molar-refractivity contribution >= 4 is 23.5 Å². The molecule has 0 unspecified atom stereocenters. The third-order valence-corrected chi connectivity index (χ3v) is 5.28. The molecule has 0 aliphatic rings. The van der Waals surface area contributed by atoms with Gasteiger partial charge >= 0.3 is 11.9 Å². The maximum absolute atomic E-state index is 12.9. The van der Waals surface area contributed by atoms with Crippen LogP contribution in [0.5, 0.6) is 0 Å². The van der Waals surface area contributed by atoms with Gasteiger partial charge in [0, 0.05) is 10.6 Å². The zero-order valence-electron chi connectivity index (χ0n) is 18.5. The van der Waals surface area contributed by atoms with Gasteiger partial charge in [-0.1, -0.05) is 86.1 Å². The standard InChI is InChI=1S/C27H27ClO4/c1-18(2)16-20-12-14-21(15-13-20)19(3)25(29)31-27(22-8-5-4-6-9-22)32-26(30)23-10-7-11-24(28)17-23/h4-15,17-19,27H,16H2,1-3H3/t19-,27-/m1/s1. The van der Waals surface area contributed by atoms with Crippen LogP contribution in [0.3, 0.4) is 0 Å². The Balaban J connectivity index is 1.75. The number of benzene rings is 3. The largest absolute Gasteiger partial charge is 0.420 e. The molecule has 0 aliphatic heterocycles. The van der Waals surface area contributed by atoms with Gasteiger partial charge in [0.1, 0.15) is 0 Å². The molecule has 0 saturated carbocycles. The molecular weight excluding hydrogens is 424 g/mol. The second kappa shape index (κ2) is 11.0. The average Bonchev–Trinajstić information content (AvgIpc) is 2.78. The minimum Gasteiger partial charge on any atom is -0.420 e. The fraction of sp³-hybridized carbons (Fsp3) is 0.259. The smallest absolute Gasteiger partial charge is 0.341 e. The normalized spacial score (nSPS) is 12.8. The third-order valence-electron chi connectivity index (χ3n) is 5.05. The Morgan fingerprint density at radius 2 is 1.50 bits per heavy atom. The highest BCUT2D eigenvalue weighted by molar-refractivity contribution is 6.30. The van der Waals surface area contributed by atoms with Gasteiger partial charge in [-0.3, -0.25) is 4.79 Å². The Morgan fingerprint density at radius 3 is 2.12 bits per heavy atom. The summed E-state index contributed by atoms with van der Waals surface area (Å²) >= 11 is 5.98. The van der Waals surface area contributed by atoms with Crippen molar-refractivity contribution in [2.24, 2.45) is 5.92 Å². The van der Waals surface area contributed by atoms with Crippen LogP contribution in [0, 0.1) is 5.92 Å². The van der Waals surface area contributed by atoms with Gasteiger partial charge in [-0.05, 0) is 48.6 Å². The number of hydrogen-bond donors (Lipinski definition) is 0. The molecule has 0 radical (unpaired) electrons. The van der Waals surface area contributed by atoms with Crippen LogP contribution in [0.1, 0.15) is 60.0 Å². The Labute approximate surface area is 194 Å². The highest BCUT2D eigenvalue weighted by Gasteiger charge is 2.26. The van der Waals surface area contributed by atoms with Crippen molar-refractivity contribution in [3.05, 3.63) is 106 Å². The van der Waals surface area contributed by atoms with E-state index in [-0.39, 0.29) is 5.56 Å². The molecule has 3 aromatic rings. The van der Waals surface area contributed by atoms with Crippen LogP contribution in [-0.4, -0.2) is 11.9 Å². The van der Waals surface area contributed by atoms with Crippen LogP contribution in [0.25, 0.3) is 0 Å². The van der Waals surface area contributed by atoms with Gasteiger partial charge in [-0.2, -0.15) is 0 Å². The van der Waals surface area contributed by atoms with Crippen LogP contribution < -0.4 is 0 Å². The average molecular weight is 451 g/mol. The van der Waals surface area contributed by atoms with Crippen LogP contribution in [0.15, 0.2) is 78.9 Å². The molecule has 0 saturated heterocycles. The quantitative estimate of drug-likeness (QED) is 0.281. The summed E-state index contributed by atoms with van der Waals surface area (Å²) in [5.74, 6) is -1.06. The molecule has 5 heteroatoms. The molecule has 0 spiro atoms. The van der Waals surface area contributed by atoms with E-state index in [1.807, 2.05) is 30.3 Å². The summed E-state index contributed by atoms with van der Waals surface area (Å²) in [5, 5.41) is 0.419. The molecule has 0 fully saturated rings. The lowest BCUT2D eigenvalue weighted by atomic mass is 9.97. The highest BCUT2D eigenvalue weighted by atomic mass is 35.5. The molecule has 0 heterocycles. The maximum atomic E-state index is 12.9. The number of esters is 2.